The molecular weight excluding hydrogens is 528 g/mol. The molecule has 0 unspecified atom stereocenters. The van der Waals surface area contributed by atoms with Crippen molar-refractivity contribution in [2.75, 3.05) is 26.3 Å². The van der Waals surface area contributed by atoms with Crippen LogP contribution in [0.1, 0.15) is 26.2 Å². The summed E-state index contributed by atoms with van der Waals surface area (Å²) in [5, 5.41) is -13.6. The predicted molar refractivity (Wildman–Crippen MR) is 99.1 cm³/mol. The van der Waals surface area contributed by atoms with Gasteiger partial charge in [-0.15, -0.1) is 0 Å². The summed E-state index contributed by atoms with van der Waals surface area (Å²) >= 11 is 0. The standard InChI is InChI=1S/C16H21F6NO9S2/c1-10(2)12(24)31-8-3-9-32-13(25)11-4-6-23(7-5-11)33(26,27)15(19,20)14(17,18)16(21,22)34(28,29)30/h11H,1,3-9H2,2H3,(H,28,29,30)/p-1. The van der Waals surface area contributed by atoms with Gasteiger partial charge in [-0.25, -0.2) is 21.6 Å². The number of nitrogens with zero attached hydrogens (tertiary/aromatic N) is 1. The van der Waals surface area contributed by atoms with Crippen molar-refractivity contribution in [3.05, 3.63) is 12.2 Å². The van der Waals surface area contributed by atoms with Gasteiger partial charge in [0.25, 0.3) is 10.0 Å². The monoisotopic (exact) mass is 548 g/mol. The van der Waals surface area contributed by atoms with E-state index in [1.165, 1.54) is 6.92 Å². The Labute approximate surface area is 190 Å². The molecule has 0 aromatic heterocycles. The van der Waals surface area contributed by atoms with Gasteiger partial charge < -0.3 is 14.0 Å². The minimum absolute atomic E-state index is 0.0795. The molecule has 0 aromatic rings. The number of piperidine rings is 1. The van der Waals surface area contributed by atoms with E-state index in [1.54, 1.807) is 0 Å². The van der Waals surface area contributed by atoms with E-state index in [9.17, 15) is 57.3 Å². The fourth-order valence-electron chi connectivity index (χ4n) is 2.62. The first-order chi connectivity index (χ1) is 15.2. The summed E-state index contributed by atoms with van der Waals surface area (Å²) in [5.41, 5.74) is 0.139. The van der Waals surface area contributed by atoms with Crippen LogP contribution in [0.15, 0.2) is 12.2 Å². The van der Waals surface area contributed by atoms with Crippen LogP contribution < -0.4 is 0 Å². The summed E-state index contributed by atoms with van der Waals surface area (Å²) in [6.07, 6.45) is -0.947. The van der Waals surface area contributed by atoms with Crippen LogP contribution in [-0.4, -0.2) is 80.4 Å². The SMILES string of the molecule is C=C(C)C(=O)OCCCOC(=O)C1CCN(S(=O)(=O)C(F)(F)C(F)(F)C(F)(F)S(=O)(=O)[O-])CC1. The van der Waals surface area contributed by atoms with Crippen LogP contribution >= 0.6 is 0 Å². The molecule has 1 rings (SSSR count). The Morgan fingerprint density at radius 1 is 0.971 bits per heavy atom. The number of sulfonamides is 1. The molecule has 1 aliphatic rings. The fourth-order valence-corrected chi connectivity index (χ4v) is 4.59. The van der Waals surface area contributed by atoms with E-state index in [2.05, 4.69) is 6.58 Å². The van der Waals surface area contributed by atoms with E-state index in [4.69, 9.17) is 9.47 Å². The van der Waals surface area contributed by atoms with Crippen LogP contribution in [0.5, 0.6) is 0 Å². The van der Waals surface area contributed by atoms with Crippen molar-refractivity contribution >= 4 is 32.1 Å². The van der Waals surface area contributed by atoms with E-state index in [0.29, 0.717) is 0 Å². The van der Waals surface area contributed by atoms with Gasteiger partial charge in [0.2, 0.25) is 0 Å². The molecule has 0 radical (unpaired) electrons. The highest BCUT2D eigenvalue weighted by Crippen LogP contribution is 2.51. The smallest absolute Gasteiger partial charge is 0.428 e. The molecule has 0 amide bonds. The third kappa shape index (κ3) is 5.83. The van der Waals surface area contributed by atoms with Crippen LogP contribution in [0.2, 0.25) is 0 Å². The summed E-state index contributed by atoms with van der Waals surface area (Å²) in [4.78, 5) is 23.1. The molecule has 0 bridgehead atoms. The Hall–Kier alpha value is -1.92. The van der Waals surface area contributed by atoms with Crippen molar-refractivity contribution in [1.29, 1.82) is 0 Å². The normalized spacial score (nSPS) is 17.3. The number of alkyl halides is 6. The van der Waals surface area contributed by atoms with Crippen molar-refractivity contribution in [2.24, 2.45) is 5.92 Å². The van der Waals surface area contributed by atoms with Crippen LogP contribution in [0, 0.1) is 5.92 Å². The summed E-state index contributed by atoms with van der Waals surface area (Å²) in [5.74, 6) is -9.72. The Bertz CT molecular complexity index is 1010. The number of carbonyl (C=O) groups is 2. The molecule has 34 heavy (non-hydrogen) atoms. The zero-order valence-electron chi connectivity index (χ0n) is 17.4. The lowest BCUT2D eigenvalue weighted by Crippen LogP contribution is -2.63. The maximum Gasteiger partial charge on any atom is 0.428 e. The molecule has 0 atom stereocenters. The first kappa shape index (κ1) is 30.1. The average Bonchev–Trinajstić information content (AvgIpc) is 2.71. The predicted octanol–water partition coefficient (Wildman–Crippen LogP) is 1.45. The molecule has 1 fully saturated rings. The van der Waals surface area contributed by atoms with Gasteiger partial charge in [0.15, 0.2) is 10.1 Å². The second-order valence-electron chi connectivity index (χ2n) is 7.18. The third-order valence-electron chi connectivity index (χ3n) is 4.61. The van der Waals surface area contributed by atoms with Gasteiger partial charge in [0, 0.05) is 25.1 Å². The number of ether oxygens (including phenoxy) is 2. The quantitative estimate of drug-likeness (QED) is 0.123. The van der Waals surface area contributed by atoms with Gasteiger partial charge in [0.05, 0.1) is 19.1 Å². The highest BCUT2D eigenvalue weighted by molar-refractivity contribution is 7.90. The van der Waals surface area contributed by atoms with Crippen LogP contribution in [-0.2, 0) is 39.2 Å². The van der Waals surface area contributed by atoms with Crippen molar-refractivity contribution < 1.29 is 66.8 Å². The lowest BCUT2D eigenvalue weighted by molar-refractivity contribution is -0.247. The molecule has 10 nitrogen and oxygen atoms in total. The molecular formula is C16H20F6NO9S2-. The fraction of sp³-hybridized carbons (Fsp3) is 0.750. The number of halogens is 6. The van der Waals surface area contributed by atoms with Gasteiger partial charge in [-0.05, 0) is 19.8 Å². The van der Waals surface area contributed by atoms with E-state index >= 15 is 0 Å². The number of carbonyl (C=O) groups excluding carboxylic acids is 2. The first-order valence-corrected chi connectivity index (χ1v) is 12.1. The van der Waals surface area contributed by atoms with Gasteiger partial charge in [-0.1, -0.05) is 6.58 Å². The second kappa shape index (κ2) is 10.4. The summed E-state index contributed by atoms with van der Waals surface area (Å²) < 4.78 is 146. The van der Waals surface area contributed by atoms with E-state index < -0.39 is 80.4 Å². The maximum absolute atomic E-state index is 14.0. The summed E-state index contributed by atoms with van der Waals surface area (Å²) in [7, 11) is -14.0. The largest absolute Gasteiger partial charge is 0.743 e. The lowest BCUT2D eigenvalue weighted by Gasteiger charge is -2.37. The van der Waals surface area contributed by atoms with Crippen LogP contribution in [0.25, 0.3) is 0 Å². The molecule has 198 valence electrons. The number of hydrogen-bond acceptors (Lipinski definition) is 9. The summed E-state index contributed by atoms with van der Waals surface area (Å²) in [6, 6.07) is 0. The minimum Gasteiger partial charge on any atom is -0.743 e. The van der Waals surface area contributed by atoms with Crippen LogP contribution in [0.3, 0.4) is 0 Å². The molecule has 1 heterocycles. The van der Waals surface area contributed by atoms with E-state index in [-0.39, 0.29) is 29.5 Å². The van der Waals surface area contributed by atoms with Gasteiger partial charge >= 0.3 is 28.4 Å². The summed E-state index contributed by atoms with van der Waals surface area (Å²) in [6.45, 7) is 2.42. The topological polar surface area (TPSA) is 147 Å². The Morgan fingerprint density at radius 2 is 1.44 bits per heavy atom. The maximum atomic E-state index is 14.0. The lowest BCUT2D eigenvalue weighted by atomic mass is 9.98. The number of esters is 2. The molecule has 1 saturated heterocycles. The number of hydrogen-bond donors (Lipinski definition) is 0. The molecule has 0 aromatic carbocycles. The first-order valence-electron chi connectivity index (χ1n) is 9.29. The molecule has 1 aliphatic heterocycles. The molecule has 0 saturated carbocycles. The highest BCUT2D eigenvalue weighted by atomic mass is 32.2. The van der Waals surface area contributed by atoms with Crippen molar-refractivity contribution in [3.8, 4) is 0 Å². The van der Waals surface area contributed by atoms with Gasteiger partial charge in [-0.3, -0.25) is 4.79 Å². The number of rotatable bonds is 11. The molecule has 0 aliphatic carbocycles. The third-order valence-corrected chi connectivity index (χ3v) is 7.44. The zero-order valence-corrected chi connectivity index (χ0v) is 19.1. The van der Waals surface area contributed by atoms with E-state index in [1.807, 2.05) is 0 Å². The van der Waals surface area contributed by atoms with Crippen molar-refractivity contribution in [2.45, 2.75) is 42.6 Å². The van der Waals surface area contributed by atoms with E-state index in [0.717, 1.165) is 0 Å². The van der Waals surface area contributed by atoms with Gasteiger partial charge in [0.1, 0.15) is 0 Å². The highest BCUT2D eigenvalue weighted by Gasteiger charge is 2.80. The second-order valence-corrected chi connectivity index (χ2v) is 10.6. The van der Waals surface area contributed by atoms with Crippen LogP contribution in [0.4, 0.5) is 26.3 Å². The minimum atomic E-state index is -7.37. The Kier molecular flexibility index (Phi) is 9.18. The van der Waals surface area contributed by atoms with Crippen molar-refractivity contribution in [3.63, 3.8) is 0 Å². The van der Waals surface area contributed by atoms with Gasteiger partial charge in [-0.2, -0.15) is 30.6 Å². The Morgan fingerprint density at radius 3 is 1.88 bits per heavy atom. The van der Waals surface area contributed by atoms with Crippen molar-refractivity contribution in [1.82, 2.24) is 4.31 Å². The average molecular weight is 548 g/mol. The molecule has 0 N–H and O–H groups in total. The molecule has 0 spiro atoms. The molecule has 18 heteroatoms. The Balaban J connectivity index is 2.76. The zero-order chi connectivity index (χ0) is 26.8.